The normalized spacial score (nSPS) is 28.5. The molecule has 3 atom stereocenters. The third kappa shape index (κ3) is 2.04. The van der Waals surface area contributed by atoms with Gasteiger partial charge in [-0.15, -0.1) is 0 Å². The Hall–Kier alpha value is -1.10. The van der Waals surface area contributed by atoms with Crippen LogP contribution in [0.1, 0.15) is 20.8 Å². The molecule has 5 heteroatoms. The summed E-state index contributed by atoms with van der Waals surface area (Å²) in [6, 6.07) is -1.13. The molecular formula is C9H16N2O3. The van der Waals surface area contributed by atoms with Crippen LogP contribution >= 0.6 is 0 Å². The molecule has 0 unspecified atom stereocenters. The number of nitrogens with two attached hydrogens (primary N) is 1. The summed E-state index contributed by atoms with van der Waals surface area (Å²) in [7, 11) is 0. The van der Waals surface area contributed by atoms with E-state index >= 15 is 0 Å². The maximum atomic E-state index is 10.7. The Morgan fingerprint density at radius 1 is 1.64 bits per heavy atom. The van der Waals surface area contributed by atoms with Gasteiger partial charge in [0, 0.05) is 0 Å². The zero-order chi connectivity index (χ0) is 10.9. The topological polar surface area (TPSA) is 84.9 Å². The third-order valence-corrected chi connectivity index (χ3v) is 2.27. The van der Waals surface area contributed by atoms with Gasteiger partial charge in [-0.25, -0.2) is 9.79 Å². The molecule has 0 aliphatic carbocycles. The van der Waals surface area contributed by atoms with Gasteiger partial charge in [-0.2, -0.15) is 0 Å². The molecule has 0 saturated heterocycles. The van der Waals surface area contributed by atoms with Crippen LogP contribution in [0.15, 0.2) is 4.99 Å². The number of carboxylic acids is 1. The molecule has 0 saturated carbocycles. The van der Waals surface area contributed by atoms with Crippen molar-refractivity contribution >= 4 is 11.9 Å². The van der Waals surface area contributed by atoms with E-state index in [1.165, 1.54) is 0 Å². The van der Waals surface area contributed by atoms with E-state index in [2.05, 4.69) is 4.99 Å². The maximum absolute atomic E-state index is 10.7. The van der Waals surface area contributed by atoms with E-state index in [9.17, 15) is 4.79 Å². The van der Waals surface area contributed by atoms with Crippen molar-refractivity contribution in [2.24, 2.45) is 16.6 Å². The molecule has 1 aliphatic rings. The van der Waals surface area contributed by atoms with Crippen molar-refractivity contribution in [2.45, 2.75) is 39.0 Å². The second-order valence-electron chi connectivity index (χ2n) is 3.84. The highest BCUT2D eigenvalue weighted by Crippen LogP contribution is 2.17. The number of carboxylic acid groups (broad SMARTS) is 1. The van der Waals surface area contributed by atoms with E-state index in [1.807, 2.05) is 13.8 Å². The zero-order valence-electron chi connectivity index (χ0n) is 8.60. The molecule has 1 rings (SSSR count). The van der Waals surface area contributed by atoms with Crippen molar-refractivity contribution in [3.05, 3.63) is 0 Å². The molecule has 0 spiro atoms. The minimum Gasteiger partial charge on any atom is -0.480 e. The fraction of sp³-hybridized carbons (Fsp3) is 0.778. The van der Waals surface area contributed by atoms with Crippen LogP contribution in [0.5, 0.6) is 0 Å². The quantitative estimate of drug-likeness (QED) is 0.683. The second-order valence-corrected chi connectivity index (χ2v) is 3.84. The minimum atomic E-state index is -0.969. The number of aliphatic carboxylic acids is 1. The van der Waals surface area contributed by atoms with Crippen LogP contribution in [0.25, 0.3) is 0 Å². The molecule has 5 nitrogen and oxygen atoms in total. The maximum Gasteiger partial charge on any atom is 0.332 e. The first-order chi connectivity index (χ1) is 6.43. The van der Waals surface area contributed by atoms with Crippen molar-refractivity contribution in [3.8, 4) is 0 Å². The van der Waals surface area contributed by atoms with Crippen LogP contribution in [-0.4, -0.2) is 35.2 Å². The SMILES string of the molecule is CC(C)[C@H](N)C1=N[C@H](C(=O)O)[C@H](C)O1. The van der Waals surface area contributed by atoms with E-state index in [0.29, 0.717) is 5.90 Å². The lowest BCUT2D eigenvalue weighted by molar-refractivity contribution is -0.139. The number of hydrogen-bond donors (Lipinski definition) is 2. The first-order valence-corrected chi connectivity index (χ1v) is 4.66. The lowest BCUT2D eigenvalue weighted by Crippen LogP contribution is -2.36. The highest BCUT2D eigenvalue weighted by atomic mass is 16.5. The highest BCUT2D eigenvalue weighted by molar-refractivity contribution is 5.88. The van der Waals surface area contributed by atoms with Gasteiger partial charge < -0.3 is 15.6 Å². The van der Waals surface area contributed by atoms with Gasteiger partial charge in [-0.05, 0) is 12.8 Å². The number of aliphatic imine (C=N–C) groups is 1. The Labute approximate surface area is 83.0 Å². The molecule has 3 N–H and O–H groups in total. The van der Waals surface area contributed by atoms with Crippen LogP contribution in [0.2, 0.25) is 0 Å². The Morgan fingerprint density at radius 2 is 2.21 bits per heavy atom. The number of nitrogens with zero attached hydrogens (tertiary/aromatic N) is 1. The summed E-state index contributed by atoms with van der Waals surface area (Å²) in [5, 5.41) is 8.79. The highest BCUT2D eigenvalue weighted by Gasteiger charge is 2.35. The molecule has 1 heterocycles. The van der Waals surface area contributed by atoms with Crippen molar-refractivity contribution in [2.75, 3.05) is 0 Å². The lowest BCUT2D eigenvalue weighted by atomic mass is 10.1. The van der Waals surface area contributed by atoms with Crippen LogP contribution in [0, 0.1) is 5.92 Å². The summed E-state index contributed by atoms with van der Waals surface area (Å²) < 4.78 is 5.30. The summed E-state index contributed by atoms with van der Waals surface area (Å²) >= 11 is 0. The predicted octanol–water partition coefficient (Wildman–Crippen LogP) is 0.240. The number of ether oxygens (including phenoxy) is 1. The van der Waals surface area contributed by atoms with Gasteiger partial charge in [-0.1, -0.05) is 13.8 Å². The Balaban J connectivity index is 2.75. The van der Waals surface area contributed by atoms with E-state index in [-0.39, 0.29) is 12.0 Å². The van der Waals surface area contributed by atoms with E-state index in [1.54, 1.807) is 6.92 Å². The Morgan fingerprint density at radius 3 is 2.57 bits per heavy atom. The Kier molecular flexibility index (Phi) is 3.10. The average molecular weight is 200 g/mol. The fourth-order valence-electron chi connectivity index (χ4n) is 1.23. The molecule has 0 amide bonds. The van der Waals surface area contributed by atoms with Gasteiger partial charge in [0.25, 0.3) is 0 Å². The minimum absolute atomic E-state index is 0.188. The lowest BCUT2D eigenvalue weighted by Gasteiger charge is -2.16. The smallest absolute Gasteiger partial charge is 0.332 e. The first-order valence-electron chi connectivity index (χ1n) is 4.66. The van der Waals surface area contributed by atoms with Crippen LogP contribution in [0.3, 0.4) is 0 Å². The second kappa shape index (κ2) is 3.96. The monoisotopic (exact) mass is 200 g/mol. The molecule has 14 heavy (non-hydrogen) atoms. The Bertz CT molecular complexity index is 263. The number of carbonyl (C=O) groups is 1. The van der Waals surface area contributed by atoms with Crippen molar-refractivity contribution < 1.29 is 14.6 Å². The van der Waals surface area contributed by atoms with E-state index in [4.69, 9.17) is 15.6 Å². The average Bonchev–Trinajstić information content (AvgIpc) is 2.45. The van der Waals surface area contributed by atoms with E-state index < -0.39 is 18.1 Å². The van der Waals surface area contributed by atoms with Gasteiger partial charge in [-0.3, -0.25) is 0 Å². The van der Waals surface area contributed by atoms with E-state index in [0.717, 1.165) is 0 Å². The molecule has 0 aromatic heterocycles. The summed E-state index contributed by atoms with van der Waals surface area (Å²) in [5.74, 6) is -0.420. The third-order valence-electron chi connectivity index (χ3n) is 2.27. The number of hydrogen-bond acceptors (Lipinski definition) is 4. The predicted molar refractivity (Wildman–Crippen MR) is 52.2 cm³/mol. The van der Waals surface area contributed by atoms with Gasteiger partial charge in [0.05, 0.1) is 6.04 Å². The van der Waals surface area contributed by atoms with Crippen LogP contribution in [0.4, 0.5) is 0 Å². The number of rotatable bonds is 3. The molecular weight excluding hydrogens is 184 g/mol. The fourth-order valence-corrected chi connectivity index (χ4v) is 1.23. The molecule has 0 fully saturated rings. The van der Waals surface area contributed by atoms with Crippen molar-refractivity contribution in [1.82, 2.24) is 0 Å². The standard InChI is InChI=1S/C9H16N2O3/c1-4(2)6(10)8-11-7(9(12)13)5(3)14-8/h4-7H,10H2,1-3H3,(H,12,13)/t5-,6-,7-/m0/s1. The van der Waals surface area contributed by atoms with Gasteiger partial charge in [0.2, 0.25) is 5.90 Å². The van der Waals surface area contributed by atoms with Crippen LogP contribution < -0.4 is 5.73 Å². The largest absolute Gasteiger partial charge is 0.480 e. The van der Waals surface area contributed by atoms with Gasteiger partial charge in [0.15, 0.2) is 6.04 Å². The molecule has 0 bridgehead atoms. The zero-order valence-corrected chi connectivity index (χ0v) is 8.60. The molecule has 0 aromatic rings. The summed E-state index contributed by atoms with van der Waals surface area (Å²) in [6.45, 7) is 5.56. The first kappa shape index (κ1) is 11.0. The molecule has 0 aromatic carbocycles. The molecule has 1 aliphatic heterocycles. The molecule has 80 valence electrons. The van der Waals surface area contributed by atoms with Gasteiger partial charge >= 0.3 is 5.97 Å². The summed E-state index contributed by atoms with van der Waals surface area (Å²) in [6.07, 6.45) is -0.424. The van der Waals surface area contributed by atoms with Gasteiger partial charge in [0.1, 0.15) is 6.10 Å². The molecule has 0 radical (unpaired) electrons. The van der Waals surface area contributed by atoms with Crippen molar-refractivity contribution in [3.63, 3.8) is 0 Å². The summed E-state index contributed by atoms with van der Waals surface area (Å²) in [4.78, 5) is 14.7. The summed E-state index contributed by atoms with van der Waals surface area (Å²) in [5.41, 5.74) is 5.80. The van der Waals surface area contributed by atoms with Crippen LogP contribution in [-0.2, 0) is 9.53 Å². The van der Waals surface area contributed by atoms with Crippen molar-refractivity contribution in [1.29, 1.82) is 0 Å².